The van der Waals surface area contributed by atoms with Crippen LogP contribution < -0.4 is 14.2 Å². The van der Waals surface area contributed by atoms with Crippen molar-refractivity contribution in [1.82, 2.24) is 29.4 Å². The van der Waals surface area contributed by atoms with Gasteiger partial charge in [0.1, 0.15) is 10.8 Å². The molecule has 2 aliphatic rings. The summed E-state index contributed by atoms with van der Waals surface area (Å²) in [5.41, 5.74) is -2.30. The fourth-order valence-corrected chi connectivity index (χ4v) is 6.65. The summed E-state index contributed by atoms with van der Waals surface area (Å²) in [5, 5.41) is 4.14. The normalized spacial score (nSPS) is 17.5. The van der Waals surface area contributed by atoms with Crippen LogP contribution in [0.4, 0.5) is 18.0 Å². The van der Waals surface area contributed by atoms with Gasteiger partial charge in [0.05, 0.1) is 24.2 Å². The van der Waals surface area contributed by atoms with Crippen LogP contribution in [-0.2, 0) is 4.74 Å². The van der Waals surface area contributed by atoms with Gasteiger partial charge in [-0.1, -0.05) is 25.4 Å². The van der Waals surface area contributed by atoms with E-state index in [2.05, 4.69) is 33.6 Å². The number of carbonyl (C=O) groups excluding carboxylic acids is 2. The van der Waals surface area contributed by atoms with Gasteiger partial charge >= 0.3 is 12.3 Å². The van der Waals surface area contributed by atoms with Gasteiger partial charge < -0.3 is 19.1 Å². The first-order valence-corrected chi connectivity index (χ1v) is 18.6. The zero-order chi connectivity index (χ0) is 38.3. The standard InChI is InChI=1S/C34H42ClF3N6O5S.C2H6/c1-31(2,3)49-30(46)43-21-22(19-32(43,4)5)7-6-17-47-26-11-8-23(20-39-26)50-42-29(45)24-9-10-25(40-28(24)35)44-16-12-27(41-44)48-18-15-33(13-14-33)34(36,37)38;1-2/h8-12,16,20,22H,6-7,13-15,17-19,21H2,1-5H3,(H,42,45);1-2H3. The van der Waals surface area contributed by atoms with Crippen molar-refractivity contribution < 1.29 is 37.0 Å². The molecule has 3 aromatic rings. The highest BCUT2D eigenvalue weighted by Crippen LogP contribution is 2.59. The van der Waals surface area contributed by atoms with Crippen molar-refractivity contribution in [2.75, 3.05) is 19.8 Å². The third kappa shape index (κ3) is 10.9. The van der Waals surface area contributed by atoms with Crippen molar-refractivity contribution in [3.05, 3.63) is 53.4 Å². The molecule has 2 amide bonds. The van der Waals surface area contributed by atoms with Gasteiger partial charge in [-0.3, -0.25) is 9.52 Å². The highest BCUT2D eigenvalue weighted by molar-refractivity contribution is 7.98. The molecule has 1 saturated carbocycles. The van der Waals surface area contributed by atoms with Gasteiger partial charge in [-0.25, -0.2) is 19.4 Å². The van der Waals surface area contributed by atoms with Gasteiger partial charge in [0.2, 0.25) is 11.8 Å². The Hall–Kier alpha value is -3.72. The van der Waals surface area contributed by atoms with Gasteiger partial charge in [0.25, 0.3) is 5.91 Å². The minimum Gasteiger partial charge on any atom is -0.478 e. The first-order chi connectivity index (χ1) is 24.4. The number of alkyl halides is 3. The summed E-state index contributed by atoms with van der Waals surface area (Å²) < 4.78 is 60.3. The average molecular weight is 769 g/mol. The molecular weight excluding hydrogens is 721 g/mol. The van der Waals surface area contributed by atoms with Gasteiger partial charge in [-0.05, 0) is 109 Å². The molecule has 0 radical (unpaired) electrons. The monoisotopic (exact) mass is 768 g/mol. The zero-order valence-corrected chi connectivity index (χ0v) is 32.3. The van der Waals surface area contributed by atoms with E-state index in [0.29, 0.717) is 35.7 Å². The highest BCUT2D eigenvalue weighted by Gasteiger charge is 2.62. The largest absolute Gasteiger partial charge is 0.478 e. The number of ether oxygens (including phenoxy) is 3. The van der Waals surface area contributed by atoms with E-state index in [1.54, 1.807) is 24.4 Å². The molecule has 286 valence electrons. The topological polar surface area (TPSA) is 121 Å². The van der Waals surface area contributed by atoms with Crippen molar-refractivity contribution in [3.63, 3.8) is 0 Å². The molecule has 52 heavy (non-hydrogen) atoms. The Morgan fingerprint density at radius 2 is 1.75 bits per heavy atom. The Morgan fingerprint density at radius 1 is 1.04 bits per heavy atom. The van der Waals surface area contributed by atoms with Gasteiger partial charge in [-0.2, -0.15) is 13.2 Å². The number of carbonyl (C=O) groups is 2. The number of nitrogens with zero attached hydrogens (tertiary/aromatic N) is 5. The maximum Gasteiger partial charge on any atom is 0.410 e. The third-order valence-corrected chi connectivity index (χ3v) is 9.77. The molecule has 11 nitrogen and oxygen atoms in total. The molecule has 1 unspecified atom stereocenters. The molecule has 1 atom stereocenters. The summed E-state index contributed by atoms with van der Waals surface area (Å²) in [5.74, 6) is 0.813. The Labute approximate surface area is 312 Å². The van der Waals surface area contributed by atoms with Crippen LogP contribution in [-0.4, -0.2) is 73.7 Å². The summed E-state index contributed by atoms with van der Waals surface area (Å²) in [6, 6.07) is 8.07. The Balaban J connectivity index is 0.00000297. The van der Waals surface area contributed by atoms with E-state index < -0.39 is 23.1 Å². The maximum absolute atomic E-state index is 13.1. The quantitative estimate of drug-likeness (QED) is 0.103. The predicted octanol–water partition coefficient (Wildman–Crippen LogP) is 9.09. The van der Waals surface area contributed by atoms with Crippen molar-refractivity contribution in [2.24, 2.45) is 11.3 Å². The molecule has 4 heterocycles. The van der Waals surface area contributed by atoms with Crippen LogP contribution in [0, 0.1) is 11.3 Å². The molecule has 0 bridgehead atoms. The van der Waals surface area contributed by atoms with E-state index in [1.807, 2.05) is 39.5 Å². The number of rotatable bonds is 13. The third-order valence-electron chi connectivity index (χ3n) is 8.71. The second-order valence-electron chi connectivity index (χ2n) is 14.3. The highest BCUT2D eigenvalue weighted by atomic mass is 35.5. The van der Waals surface area contributed by atoms with Crippen LogP contribution in [0.3, 0.4) is 0 Å². The lowest BCUT2D eigenvalue weighted by Gasteiger charge is -2.33. The van der Waals surface area contributed by atoms with Crippen LogP contribution in [0.1, 0.15) is 97.3 Å². The zero-order valence-electron chi connectivity index (χ0n) is 30.7. The first kappa shape index (κ1) is 41.0. The van der Waals surface area contributed by atoms with Gasteiger partial charge in [0, 0.05) is 41.5 Å². The number of amides is 2. The molecule has 16 heteroatoms. The Bertz CT molecular complexity index is 1660. The number of pyridine rings is 2. The lowest BCUT2D eigenvalue weighted by Crippen LogP contribution is -2.45. The van der Waals surface area contributed by atoms with Crippen LogP contribution >= 0.6 is 23.5 Å². The maximum atomic E-state index is 13.1. The lowest BCUT2D eigenvalue weighted by molar-refractivity contribution is -0.190. The summed E-state index contributed by atoms with van der Waals surface area (Å²) in [6.45, 7) is 14.8. The Morgan fingerprint density at radius 3 is 2.37 bits per heavy atom. The molecule has 3 aromatic heterocycles. The van der Waals surface area contributed by atoms with E-state index in [0.717, 1.165) is 31.2 Å². The van der Waals surface area contributed by atoms with Crippen LogP contribution in [0.5, 0.6) is 11.8 Å². The van der Waals surface area contributed by atoms with Crippen LogP contribution in [0.25, 0.3) is 5.82 Å². The van der Waals surface area contributed by atoms with E-state index in [-0.39, 0.29) is 54.1 Å². The molecule has 1 saturated heterocycles. The second-order valence-corrected chi connectivity index (χ2v) is 15.6. The number of likely N-dealkylation sites (tertiary alicyclic amines) is 1. The van der Waals surface area contributed by atoms with Crippen molar-refractivity contribution in [1.29, 1.82) is 0 Å². The predicted molar refractivity (Wildman–Crippen MR) is 193 cm³/mol. The molecule has 5 rings (SSSR count). The second kappa shape index (κ2) is 17.0. The summed E-state index contributed by atoms with van der Waals surface area (Å²) >= 11 is 7.37. The number of nitrogens with one attached hydrogen (secondary N) is 1. The summed E-state index contributed by atoms with van der Waals surface area (Å²) in [4.78, 5) is 36.6. The van der Waals surface area contributed by atoms with E-state index in [1.165, 1.54) is 23.0 Å². The average Bonchev–Trinajstić information content (AvgIpc) is 3.62. The fourth-order valence-electron chi connectivity index (χ4n) is 5.85. The van der Waals surface area contributed by atoms with E-state index in [4.69, 9.17) is 25.8 Å². The SMILES string of the molecule is CC.CC(C)(C)OC(=O)N1CC(CCCOc2ccc(SNC(=O)c3ccc(-n4ccc(OCCC5(C(F)(F)F)CC5)n4)nc3Cl)cn2)CC1(C)C. The summed E-state index contributed by atoms with van der Waals surface area (Å²) in [6.07, 6.45) is 1.36. The van der Waals surface area contributed by atoms with Crippen LogP contribution in [0.15, 0.2) is 47.6 Å². The van der Waals surface area contributed by atoms with E-state index >= 15 is 0 Å². The number of hydrogen-bond donors (Lipinski definition) is 1. The summed E-state index contributed by atoms with van der Waals surface area (Å²) in [7, 11) is 0. The van der Waals surface area contributed by atoms with Crippen molar-refractivity contribution in [2.45, 2.75) is 109 Å². The molecule has 1 aliphatic heterocycles. The Kier molecular flexibility index (Phi) is 13.4. The number of halogens is 4. The molecule has 0 aromatic carbocycles. The van der Waals surface area contributed by atoms with Gasteiger partial charge in [-0.15, -0.1) is 5.10 Å². The van der Waals surface area contributed by atoms with Gasteiger partial charge in [0.15, 0.2) is 5.82 Å². The smallest absolute Gasteiger partial charge is 0.410 e. The number of hydrogen-bond acceptors (Lipinski definition) is 9. The molecule has 1 aliphatic carbocycles. The number of aromatic nitrogens is 4. The first-order valence-electron chi connectivity index (χ1n) is 17.4. The molecule has 2 fully saturated rings. The molecular formula is C36H48ClF3N6O5S. The fraction of sp³-hybridized carbons (Fsp3) is 0.583. The minimum absolute atomic E-state index is 0.0555. The van der Waals surface area contributed by atoms with Crippen LogP contribution in [0.2, 0.25) is 5.15 Å². The van der Waals surface area contributed by atoms with Crippen molar-refractivity contribution in [3.8, 4) is 17.6 Å². The molecule has 0 spiro atoms. The molecule has 1 N–H and O–H groups in total. The van der Waals surface area contributed by atoms with Crippen molar-refractivity contribution >= 4 is 35.5 Å². The minimum atomic E-state index is -4.23. The lowest BCUT2D eigenvalue weighted by atomic mass is 9.93. The van der Waals surface area contributed by atoms with E-state index in [9.17, 15) is 22.8 Å².